The number of nitrogens with two attached hydrogens (primary N) is 1. The first-order chi connectivity index (χ1) is 8.28. The van der Waals surface area contributed by atoms with E-state index >= 15 is 0 Å². The SMILES string of the molecule is COc1ccc(CCOC2CCC(N)C2)cc1. The van der Waals surface area contributed by atoms with E-state index in [1.807, 2.05) is 12.1 Å². The summed E-state index contributed by atoms with van der Waals surface area (Å²) in [5.74, 6) is 0.899. The highest BCUT2D eigenvalue weighted by molar-refractivity contribution is 5.27. The van der Waals surface area contributed by atoms with Crippen LogP contribution in [-0.4, -0.2) is 25.9 Å². The molecule has 94 valence electrons. The van der Waals surface area contributed by atoms with Gasteiger partial charge in [0.15, 0.2) is 0 Å². The van der Waals surface area contributed by atoms with Crippen molar-refractivity contribution in [3.8, 4) is 5.75 Å². The normalized spacial score (nSPS) is 23.9. The molecule has 1 fully saturated rings. The Hall–Kier alpha value is -1.06. The van der Waals surface area contributed by atoms with Gasteiger partial charge in [0, 0.05) is 6.04 Å². The largest absolute Gasteiger partial charge is 0.497 e. The van der Waals surface area contributed by atoms with Gasteiger partial charge >= 0.3 is 0 Å². The van der Waals surface area contributed by atoms with E-state index in [1.54, 1.807) is 7.11 Å². The Balaban J connectivity index is 1.70. The van der Waals surface area contributed by atoms with Gasteiger partial charge in [-0.05, 0) is 43.4 Å². The minimum absolute atomic E-state index is 0.348. The van der Waals surface area contributed by atoms with E-state index in [0.717, 1.165) is 38.0 Å². The molecule has 0 aromatic heterocycles. The van der Waals surface area contributed by atoms with Crippen LogP contribution in [0.15, 0.2) is 24.3 Å². The van der Waals surface area contributed by atoms with Crippen LogP contribution in [0.4, 0.5) is 0 Å². The average Bonchev–Trinajstić information content (AvgIpc) is 2.76. The second-order valence-electron chi connectivity index (χ2n) is 4.66. The molecule has 0 heterocycles. The molecule has 0 amide bonds. The number of hydrogen-bond donors (Lipinski definition) is 1. The third-order valence-corrected chi connectivity index (χ3v) is 3.33. The minimum atomic E-state index is 0.348. The van der Waals surface area contributed by atoms with Gasteiger partial charge in [-0.2, -0.15) is 0 Å². The number of ether oxygens (including phenoxy) is 2. The molecule has 0 saturated heterocycles. The fourth-order valence-corrected chi connectivity index (χ4v) is 2.26. The lowest BCUT2D eigenvalue weighted by Gasteiger charge is -2.11. The van der Waals surface area contributed by atoms with E-state index in [9.17, 15) is 0 Å². The van der Waals surface area contributed by atoms with Crippen molar-refractivity contribution in [2.75, 3.05) is 13.7 Å². The standard InChI is InChI=1S/C14H21NO2/c1-16-13-5-2-11(3-6-13)8-9-17-14-7-4-12(15)10-14/h2-3,5-6,12,14H,4,7-10,15H2,1H3. The van der Waals surface area contributed by atoms with Crippen molar-refractivity contribution in [3.63, 3.8) is 0 Å². The molecule has 0 radical (unpaired) electrons. The van der Waals surface area contributed by atoms with Crippen LogP contribution in [0.2, 0.25) is 0 Å². The quantitative estimate of drug-likeness (QED) is 0.850. The molecule has 1 aromatic rings. The molecule has 2 unspecified atom stereocenters. The maximum Gasteiger partial charge on any atom is 0.118 e. The fourth-order valence-electron chi connectivity index (χ4n) is 2.26. The zero-order chi connectivity index (χ0) is 12.1. The Morgan fingerprint density at radius 2 is 2.00 bits per heavy atom. The number of methoxy groups -OCH3 is 1. The number of hydrogen-bond acceptors (Lipinski definition) is 3. The smallest absolute Gasteiger partial charge is 0.118 e. The second kappa shape index (κ2) is 6.03. The molecule has 1 aliphatic carbocycles. The lowest BCUT2D eigenvalue weighted by Crippen LogP contribution is -2.18. The summed E-state index contributed by atoms with van der Waals surface area (Å²) in [6.45, 7) is 0.781. The summed E-state index contributed by atoms with van der Waals surface area (Å²) in [5.41, 5.74) is 7.13. The predicted molar refractivity (Wildman–Crippen MR) is 68.3 cm³/mol. The van der Waals surface area contributed by atoms with Crippen molar-refractivity contribution in [3.05, 3.63) is 29.8 Å². The molecule has 0 bridgehead atoms. The van der Waals surface area contributed by atoms with Crippen LogP contribution in [0.1, 0.15) is 24.8 Å². The van der Waals surface area contributed by atoms with E-state index in [2.05, 4.69) is 12.1 Å². The Kier molecular flexibility index (Phi) is 4.40. The second-order valence-corrected chi connectivity index (χ2v) is 4.66. The number of benzene rings is 1. The van der Waals surface area contributed by atoms with Crippen LogP contribution in [-0.2, 0) is 11.2 Å². The van der Waals surface area contributed by atoms with Crippen LogP contribution in [0.5, 0.6) is 5.75 Å². The van der Waals surface area contributed by atoms with Gasteiger partial charge in [-0.3, -0.25) is 0 Å². The fraction of sp³-hybridized carbons (Fsp3) is 0.571. The first-order valence-corrected chi connectivity index (χ1v) is 6.28. The summed E-state index contributed by atoms with van der Waals surface area (Å²) in [5, 5.41) is 0. The van der Waals surface area contributed by atoms with Crippen LogP contribution < -0.4 is 10.5 Å². The average molecular weight is 235 g/mol. The molecule has 17 heavy (non-hydrogen) atoms. The van der Waals surface area contributed by atoms with Crippen molar-refractivity contribution in [2.45, 2.75) is 37.8 Å². The van der Waals surface area contributed by atoms with Crippen LogP contribution in [0.3, 0.4) is 0 Å². The highest BCUT2D eigenvalue weighted by Crippen LogP contribution is 2.20. The van der Waals surface area contributed by atoms with E-state index in [0.29, 0.717) is 12.1 Å². The van der Waals surface area contributed by atoms with Gasteiger partial charge in [0.25, 0.3) is 0 Å². The van der Waals surface area contributed by atoms with Gasteiger partial charge in [-0.1, -0.05) is 12.1 Å². The van der Waals surface area contributed by atoms with Gasteiger partial charge < -0.3 is 15.2 Å². The van der Waals surface area contributed by atoms with Gasteiger partial charge in [-0.25, -0.2) is 0 Å². The van der Waals surface area contributed by atoms with E-state index in [4.69, 9.17) is 15.2 Å². The van der Waals surface area contributed by atoms with Gasteiger partial charge in [0.1, 0.15) is 5.75 Å². The molecule has 1 aromatic carbocycles. The maximum absolute atomic E-state index is 5.85. The molecule has 2 N–H and O–H groups in total. The van der Waals surface area contributed by atoms with Crippen LogP contribution >= 0.6 is 0 Å². The summed E-state index contributed by atoms with van der Waals surface area (Å²) in [6.07, 6.45) is 4.57. The molecule has 3 heteroatoms. The first kappa shape index (κ1) is 12.4. The van der Waals surface area contributed by atoms with Crippen LogP contribution in [0.25, 0.3) is 0 Å². The molecular formula is C14H21NO2. The molecule has 1 saturated carbocycles. The summed E-state index contributed by atoms with van der Waals surface area (Å²) >= 11 is 0. The van der Waals surface area contributed by atoms with Gasteiger partial charge in [-0.15, -0.1) is 0 Å². The predicted octanol–water partition coefficient (Wildman–Crippen LogP) is 2.13. The van der Waals surface area contributed by atoms with Crippen molar-refractivity contribution in [2.24, 2.45) is 5.73 Å². The lowest BCUT2D eigenvalue weighted by atomic mass is 10.1. The van der Waals surface area contributed by atoms with E-state index < -0.39 is 0 Å². The third-order valence-electron chi connectivity index (χ3n) is 3.33. The van der Waals surface area contributed by atoms with Crippen molar-refractivity contribution >= 4 is 0 Å². The van der Waals surface area contributed by atoms with Crippen molar-refractivity contribution in [1.82, 2.24) is 0 Å². The summed E-state index contributed by atoms with van der Waals surface area (Å²) in [4.78, 5) is 0. The summed E-state index contributed by atoms with van der Waals surface area (Å²) in [7, 11) is 1.68. The Morgan fingerprint density at radius 1 is 1.24 bits per heavy atom. The monoisotopic (exact) mass is 235 g/mol. The topological polar surface area (TPSA) is 44.5 Å². The maximum atomic E-state index is 5.85. The Bertz CT molecular complexity index is 337. The van der Waals surface area contributed by atoms with Crippen molar-refractivity contribution < 1.29 is 9.47 Å². The molecule has 0 aliphatic heterocycles. The molecule has 2 rings (SSSR count). The summed E-state index contributed by atoms with van der Waals surface area (Å²) < 4.78 is 10.9. The van der Waals surface area contributed by atoms with E-state index in [-0.39, 0.29) is 0 Å². The molecule has 0 spiro atoms. The Morgan fingerprint density at radius 3 is 2.59 bits per heavy atom. The molecule has 2 atom stereocenters. The lowest BCUT2D eigenvalue weighted by molar-refractivity contribution is 0.0598. The zero-order valence-corrected chi connectivity index (χ0v) is 10.4. The van der Waals surface area contributed by atoms with E-state index in [1.165, 1.54) is 5.56 Å². The van der Waals surface area contributed by atoms with Gasteiger partial charge in [0.2, 0.25) is 0 Å². The van der Waals surface area contributed by atoms with Crippen LogP contribution in [0, 0.1) is 0 Å². The highest BCUT2D eigenvalue weighted by atomic mass is 16.5. The van der Waals surface area contributed by atoms with Crippen molar-refractivity contribution in [1.29, 1.82) is 0 Å². The number of rotatable bonds is 5. The molecule has 3 nitrogen and oxygen atoms in total. The molecular weight excluding hydrogens is 214 g/mol. The third kappa shape index (κ3) is 3.72. The zero-order valence-electron chi connectivity index (χ0n) is 10.4. The Labute approximate surface area is 103 Å². The summed E-state index contributed by atoms with van der Waals surface area (Å²) in [6, 6.07) is 8.49. The van der Waals surface area contributed by atoms with Gasteiger partial charge in [0.05, 0.1) is 19.8 Å². The highest BCUT2D eigenvalue weighted by Gasteiger charge is 2.21. The first-order valence-electron chi connectivity index (χ1n) is 6.28. The molecule has 1 aliphatic rings. The minimum Gasteiger partial charge on any atom is -0.497 e.